The van der Waals surface area contributed by atoms with Crippen LogP contribution in [0.4, 0.5) is 0 Å². The number of aliphatic imine (C=N–C) groups is 1. The minimum atomic E-state index is -0.220. The normalized spacial score (nSPS) is 12.6. The van der Waals surface area contributed by atoms with Gasteiger partial charge in [-0.1, -0.05) is 31.2 Å². The lowest BCUT2D eigenvalue weighted by molar-refractivity contribution is 0.0268. The highest BCUT2D eigenvalue weighted by Crippen LogP contribution is 2.08. The maximum absolute atomic E-state index is 5.41. The molecule has 0 aliphatic heterocycles. The molecule has 0 spiro atoms. The largest absolute Gasteiger partial charge is 0.377 e. The predicted octanol–water partition coefficient (Wildman–Crippen LogP) is 2.23. The Labute approximate surface area is 141 Å². The van der Waals surface area contributed by atoms with Crippen molar-refractivity contribution in [3.63, 3.8) is 0 Å². The minimum Gasteiger partial charge on any atom is -0.377 e. The van der Waals surface area contributed by atoms with Gasteiger partial charge < -0.3 is 20.3 Å². The average Bonchev–Trinajstić information content (AvgIpc) is 2.55. The Balaban J connectivity index is 2.54. The molecule has 23 heavy (non-hydrogen) atoms. The maximum atomic E-state index is 5.41. The van der Waals surface area contributed by atoms with Gasteiger partial charge in [-0.25, -0.2) is 0 Å². The van der Waals surface area contributed by atoms with Crippen LogP contribution in [0.25, 0.3) is 0 Å². The van der Waals surface area contributed by atoms with Gasteiger partial charge >= 0.3 is 0 Å². The van der Waals surface area contributed by atoms with Crippen LogP contribution in [0.1, 0.15) is 31.9 Å². The number of hydrogen-bond acceptors (Lipinski definition) is 3. The molecule has 1 aromatic carbocycles. The van der Waals surface area contributed by atoms with E-state index in [1.807, 2.05) is 13.8 Å². The second-order valence-corrected chi connectivity index (χ2v) is 6.39. The van der Waals surface area contributed by atoms with Crippen molar-refractivity contribution in [2.45, 2.75) is 39.5 Å². The summed E-state index contributed by atoms with van der Waals surface area (Å²) < 4.78 is 5.41. The topological polar surface area (TPSA) is 48.9 Å². The molecule has 0 aromatic heterocycles. The molecular weight excluding hydrogens is 288 g/mol. The van der Waals surface area contributed by atoms with Crippen LogP contribution in [0.5, 0.6) is 0 Å². The van der Waals surface area contributed by atoms with Gasteiger partial charge in [0.05, 0.1) is 5.60 Å². The van der Waals surface area contributed by atoms with Gasteiger partial charge in [0.25, 0.3) is 0 Å². The molecule has 0 aliphatic carbocycles. The van der Waals surface area contributed by atoms with Gasteiger partial charge in [0.15, 0.2) is 5.96 Å². The Morgan fingerprint density at radius 3 is 2.57 bits per heavy atom. The number of nitrogens with one attached hydrogen (secondary N) is 2. The first-order valence-electron chi connectivity index (χ1n) is 8.16. The zero-order chi connectivity index (χ0) is 17.3. The third kappa shape index (κ3) is 7.48. The molecule has 130 valence electrons. The van der Waals surface area contributed by atoms with Crippen molar-refractivity contribution in [3.8, 4) is 0 Å². The number of nitrogens with zero attached hydrogens (tertiary/aromatic N) is 2. The van der Waals surface area contributed by atoms with Gasteiger partial charge in [-0.05, 0) is 38.6 Å². The van der Waals surface area contributed by atoms with Gasteiger partial charge in [-0.3, -0.25) is 4.99 Å². The zero-order valence-corrected chi connectivity index (χ0v) is 15.4. The maximum Gasteiger partial charge on any atom is 0.191 e. The van der Waals surface area contributed by atoms with E-state index in [1.54, 1.807) is 14.2 Å². The molecule has 0 amide bonds. The van der Waals surface area contributed by atoms with E-state index in [0.717, 1.165) is 25.6 Å². The molecule has 0 radical (unpaired) electrons. The highest BCUT2D eigenvalue weighted by atomic mass is 16.5. The van der Waals surface area contributed by atoms with Crippen LogP contribution in [-0.4, -0.2) is 50.8 Å². The van der Waals surface area contributed by atoms with E-state index < -0.39 is 0 Å². The van der Waals surface area contributed by atoms with E-state index in [2.05, 4.69) is 58.8 Å². The van der Waals surface area contributed by atoms with E-state index in [4.69, 9.17) is 4.74 Å². The summed E-state index contributed by atoms with van der Waals surface area (Å²) in [5.74, 6) is 0.784. The van der Waals surface area contributed by atoms with Crippen LogP contribution >= 0.6 is 0 Å². The smallest absolute Gasteiger partial charge is 0.191 e. The second-order valence-electron chi connectivity index (χ2n) is 6.39. The van der Waals surface area contributed by atoms with Crippen molar-refractivity contribution in [1.29, 1.82) is 0 Å². The molecular formula is C18H32N4O. The van der Waals surface area contributed by atoms with Gasteiger partial charge in [-0.2, -0.15) is 0 Å². The van der Waals surface area contributed by atoms with Crippen LogP contribution in [0.3, 0.4) is 0 Å². The van der Waals surface area contributed by atoms with E-state index in [0.29, 0.717) is 6.54 Å². The molecule has 1 rings (SSSR count). The first-order valence-corrected chi connectivity index (χ1v) is 8.16. The van der Waals surface area contributed by atoms with Crippen LogP contribution in [0.15, 0.2) is 29.3 Å². The van der Waals surface area contributed by atoms with Crippen molar-refractivity contribution in [2.75, 3.05) is 34.3 Å². The van der Waals surface area contributed by atoms with Crippen LogP contribution in [0.2, 0.25) is 0 Å². The Bertz CT molecular complexity index is 500. The molecule has 5 nitrogen and oxygen atoms in total. The molecule has 0 heterocycles. The molecule has 5 heteroatoms. The summed E-state index contributed by atoms with van der Waals surface area (Å²) in [5, 5.41) is 6.64. The summed E-state index contributed by atoms with van der Waals surface area (Å²) >= 11 is 0. The quantitative estimate of drug-likeness (QED) is 0.570. The third-order valence-electron chi connectivity index (χ3n) is 3.90. The lowest BCUT2D eigenvalue weighted by Crippen LogP contribution is -2.45. The number of methoxy groups -OCH3 is 1. The molecule has 0 fully saturated rings. The van der Waals surface area contributed by atoms with Gasteiger partial charge in [0.2, 0.25) is 0 Å². The van der Waals surface area contributed by atoms with E-state index >= 15 is 0 Å². The molecule has 2 N–H and O–H groups in total. The van der Waals surface area contributed by atoms with E-state index in [9.17, 15) is 0 Å². The number of rotatable bonds is 8. The minimum absolute atomic E-state index is 0.220. The fraction of sp³-hybridized carbons (Fsp3) is 0.611. The fourth-order valence-electron chi connectivity index (χ4n) is 2.04. The Hall–Kier alpha value is -1.59. The SMILES string of the molecule is CCN(C)Cc1cccc(CNC(=NC)NCC(C)(C)OC)c1. The summed E-state index contributed by atoms with van der Waals surface area (Å²) in [7, 11) is 5.63. The lowest BCUT2D eigenvalue weighted by atomic mass is 10.1. The summed E-state index contributed by atoms with van der Waals surface area (Å²) in [6.07, 6.45) is 0. The average molecular weight is 320 g/mol. The summed E-state index contributed by atoms with van der Waals surface area (Å²) in [5.41, 5.74) is 2.36. The predicted molar refractivity (Wildman–Crippen MR) is 97.7 cm³/mol. The molecule has 0 unspecified atom stereocenters. The summed E-state index contributed by atoms with van der Waals surface area (Å²) in [4.78, 5) is 6.55. The monoisotopic (exact) mass is 320 g/mol. The van der Waals surface area contributed by atoms with Crippen molar-refractivity contribution < 1.29 is 4.74 Å². The number of hydrogen-bond donors (Lipinski definition) is 2. The summed E-state index contributed by atoms with van der Waals surface area (Å²) in [6.45, 7) is 9.72. The molecule has 1 aromatic rings. The molecule has 0 aliphatic rings. The number of benzene rings is 1. The molecule has 0 saturated carbocycles. The van der Waals surface area contributed by atoms with Crippen molar-refractivity contribution in [3.05, 3.63) is 35.4 Å². The molecule has 0 bridgehead atoms. The van der Waals surface area contributed by atoms with Crippen molar-refractivity contribution >= 4 is 5.96 Å². The van der Waals surface area contributed by atoms with Crippen molar-refractivity contribution in [1.82, 2.24) is 15.5 Å². The van der Waals surface area contributed by atoms with E-state index in [1.165, 1.54) is 11.1 Å². The highest BCUT2D eigenvalue weighted by Gasteiger charge is 2.16. The fourth-order valence-corrected chi connectivity index (χ4v) is 2.04. The highest BCUT2D eigenvalue weighted by molar-refractivity contribution is 5.79. The van der Waals surface area contributed by atoms with Crippen LogP contribution in [0, 0.1) is 0 Å². The van der Waals surface area contributed by atoms with Gasteiger partial charge in [0.1, 0.15) is 0 Å². The Kier molecular flexibility index (Phi) is 8.06. The van der Waals surface area contributed by atoms with E-state index in [-0.39, 0.29) is 5.60 Å². The standard InChI is InChI=1S/C18H32N4O/c1-7-22(5)13-16-10-8-9-15(11-16)12-20-17(19-4)21-14-18(2,3)23-6/h8-11H,7,12-14H2,1-6H3,(H2,19,20,21). The Morgan fingerprint density at radius 2 is 1.96 bits per heavy atom. The Morgan fingerprint density at radius 1 is 1.26 bits per heavy atom. The van der Waals surface area contributed by atoms with Crippen molar-refractivity contribution in [2.24, 2.45) is 4.99 Å². The first kappa shape index (κ1) is 19.5. The number of guanidine groups is 1. The van der Waals surface area contributed by atoms with Gasteiger partial charge in [-0.15, -0.1) is 0 Å². The summed E-state index contributed by atoms with van der Waals surface area (Å²) in [6, 6.07) is 8.66. The molecule has 0 saturated heterocycles. The van der Waals surface area contributed by atoms with Gasteiger partial charge in [0, 0.05) is 33.8 Å². The first-order chi connectivity index (χ1) is 10.9. The lowest BCUT2D eigenvalue weighted by Gasteiger charge is -2.24. The van der Waals surface area contributed by atoms with Crippen LogP contribution in [-0.2, 0) is 17.8 Å². The van der Waals surface area contributed by atoms with Crippen LogP contribution < -0.4 is 10.6 Å². The zero-order valence-electron chi connectivity index (χ0n) is 15.4. The third-order valence-corrected chi connectivity index (χ3v) is 3.90. The number of ether oxygens (including phenoxy) is 1. The molecule has 0 atom stereocenters. The second kappa shape index (κ2) is 9.53.